The van der Waals surface area contributed by atoms with E-state index in [4.69, 9.17) is 4.74 Å². The van der Waals surface area contributed by atoms with Crippen LogP contribution >= 0.6 is 0 Å². The maximum absolute atomic E-state index is 14.1. The fourth-order valence-electron chi connectivity index (χ4n) is 2.35. The van der Waals surface area contributed by atoms with Crippen LogP contribution in [-0.2, 0) is 0 Å². The lowest BCUT2D eigenvalue weighted by atomic mass is 9.99. The lowest BCUT2D eigenvalue weighted by molar-refractivity contribution is 0.407. The molecule has 1 aromatic carbocycles. The molecule has 0 saturated carbocycles. The lowest BCUT2D eigenvalue weighted by Gasteiger charge is -2.19. The van der Waals surface area contributed by atoms with Crippen LogP contribution < -0.4 is 10.1 Å². The summed E-state index contributed by atoms with van der Waals surface area (Å²) in [4.78, 5) is 0. The third kappa shape index (κ3) is 5.33. The molecule has 2 nitrogen and oxygen atoms in total. The molecule has 0 aliphatic rings. The SMILES string of the molecule is C=CCCCCCC(NCC)c1ccc(OC)cc1F. The Bertz CT molecular complexity index is 406. The summed E-state index contributed by atoms with van der Waals surface area (Å²) in [5, 5.41) is 3.37. The summed E-state index contributed by atoms with van der Waals surface area (Å²) in [7, 11) is 1.55. The monoisotopic (exact) mass is 279 g/mol. The Labute approximate surface area is 122 Å². The summed E-state index contributed by atoms with van der Waals surface area (Å²) in [6.07, 6.45) is 7.37. The average Bonchev–Trinajstić information content (AvgIpc) is 2.46. The number of halogens is 1. The Kier molecular flexibility index (Phi) is 7.97. The molecule has 1 atom stereocenters. The van der Waals surface area contributed by atoms with Crippen molar-refractivity contribution in [3.63, 3.8) is 0 Å². The Morgan fingerprint density at radius 3 is 2.75 bits per heavy atom. The maximum Gasteiger partial charge on any atom is 0.131 e. The number of hydrogen-bond acceptors (Lipinski definition) is 2. The van der Waals surface area contributed by atoms with E-state index >= 15 is 0 Å². The zero-order valence-electron chi connectivity index (χ0n) is 12.6. The molecule has 0 spiro atoms. The average molecular weight is 279 g/mol. The van der Waals surface area contributed by atoms with Crippen molar-refractivity contribution >= 4 is 0 Å². The summed E-state index contributed by atoms with van der Waals surface area (Å²) in [6.45, 7) is 6.61. The van der Waals surface area contributed by atoms with Crippen LogP contribution in [0.15, 0.2) is 30.9 Å². The molecule has 0 bridgehead atoms. The fraction of sp³-hybridized carbons (Fsp3) is 0.529. The number of hydrogen-bond donors (Lipinski definition) is 1. The van der Waals surface area contributed by atoms with Gasteiger partial charge in [-0.3, -0.25) is 0 Å². The van der Waals surface area contributed by atoms with Gasteiger partial charge in [0.15, 0.2) is 0 Å². The maximum atomic E-state index is 14.1. The molecular formula is C17H26FNO. The highest BCUT2D eigenvalue weighted by Crippen LogP contribution is 2.25. The van der Waals surface area contributed by atoms with Crippen LogP contribution in [0.5, 0.6) is 5.75 Å². The van der Waals surface area contributed by atoms with Gasteiger partial charge < -0.3 is 10.1 Å². The van der Waals surface area contributed by atoms with Crippen molar-refractivity contribution in [3.05, 3.63) is 42.2 Å². The van der Waals surface area contributed by atoms with Crippen molar-refractivity contribution in [2.75, 3.05) is 13.7 Å². The molecular weight excluding hydrogens is 253 g/mol. The molecule has 1 unspecified atom stereocenters. The van der Waals surface area contributed by atoms with Gasteiger partial charge in [0, 0.05) is 17.7 Å². The largest absolute Gasteiger partial charge is 0.497 e. The van der Waals surface area contributed by atoms with Gasteiger partial charge in [-0.25, -0.2) is 4.39 Å². The van der Waals surface area contributed by atoms with Crippen molar-refractivity contribution in [2.24, 2.45) is 0 Å². The summed E-state index contributed by atoms with van der Waals surface area (Å²) in [5.74, 6) is 0.369. The minimum atomic E-state index is -0.193. The van der Waals surface area contributed by atoms with E-state index in [0.29, 0.717) is 5.75 Å². The topological polar surface area (TPSA) is 21.3 Å². The van der Waals surface area contributed by atoms with E-state index in [9.17, 15) is 4.39 Å². The van der Waals surface area contributed by atoms with Crippen molar-refractivity contribution < 1.29 is 9.13 Å². The second-order valence-corrected chi connectivity index (χ2v) is 4.92. The molecule has 1 rings (SSSR count). The lowest BCUT2D eigenvalue weighted by Crippen LogP contribution is -2.22. The van der Waals surface area contributed by atoms with Crippen molar-refractivity contribution in [1.82, 2.24) is 5.32 Å². The smallest absolute Gasteiger partial charge is 0.131 e. The highest BCUT2D eigenvalue weighted by atomic mass is 19.1. The number of rotatable bonds is 10. The molecule has 1 aromatic rings. The normalized spacial score (nSPS) is 12.2. The summed E-state index contributed by atoms with van der Waals surface area (Å²) >= 11 is 0. The van der Waals surface area contributed by atoms with E-state index in [1.807, 2.05) is 25.1 Å². The van der Waals surface area contributed by atoms with Gasteiger partial charge in [-0.15, -0.1) is 6.58 Å². The van der Waals surface area contributed by atoms with Crippen LogP contribution in [0.1, 0.15) is 50.6 Å². The summed E-state index contributed by atoms with van der Waals surface area (Å²) in [5.41, 5.74) is 0.733. The predicted molar refractivity (Wildman–Crippen MR) is 82.7 cm³/mol. The van der Waals surface area contributed by atoms with Crippen LogP contribution in [0.25, 0.3) is 0 Å². The number of unbranched alkanes of at least 4 members (excludes halogenated alkanes) is 3. The molecule has 0 aromatic heterocycles. The Hall–Kier alpha value is -1.35. The molecule has 0 radical (unpaired) electrons. The minimum absolute atomic E-state index is 0.0784. The molecule has 3 heteroatoms. The van der Waals surface area contributed by atoms with Gasteiger partial charge in [0.2, 0.25) is 0 Å². The van der Waals surface area contributed by atoms with E-state index < -0.39 is 0 Å². The van der Waals surface area contributed by atoms with Gasteiger partial charge in [0.1, 0.15) is 11.6 Å². The van der Waals surface area contributed by atoms with Crippen LogP contribution in [0.4, 0.5) is 4.39 Å². The van der Waals surface area contributed by atoms with Gasteiger partial charge in [-0.2, -0.15) is 0 Å². The zero-order valence-corrected chi connectivity index (χ0v) is 12.6. The van der Waals surface area contributed by atoms with Gasteiger partial charge in [0.25, 0.3) is 0 Å². The molecule has 0 aliphatic carbocycles. The number of benzene rings is 1. The van der Waals surface area contributed by atoms with Crippen molar-refractivity contribution in [1.29, 1.82) is 0 Å². The van der Waals surface area contributed by atoms with Crippen LogP contribution in [-0.4, -0.2) is 13.7 Å². The predicted octanol–water partition coefficient (Wildman–Crippen LogP) is 4.62. The van der Waals surface area contributed by atoms with Gasteiger partial charge in [0.05, 0.1) is 7.11 Å². The molecule has 1 N–H and O–H groups in total. The number of allylic oxidation sites excluding steroid dienone is 1. The molecule has 0 fully saturated rings. The van der Waals surface area contributed by atoms with Crippen LogP contribution in [0.3, 0.4) is 0 Å². The summed E-state index contributed by atoms with van der Waals surface area (Å²) < 4.78 is 19.2. The summed E-state index contributed by atoms with van der Waals surface area (Å²) in [6, 6.07) is 5.18. The van der Waals surface area contributed by atoms with Gasteiger partial charge in [-0.1, -0.05) is 31.9 Å². The number of ether oxygens (including phenoxy) is 1. The first-order chi connectivity index (χ1) is 9.72. The van der Waals surface area contributed by atoms with Gasteiger partial charge in [-0.05, 0) is 31.9 Å². The highest BCUT2D eigenvalue weighted by molar-refractivity contribution is 5.30. The third-order valence-electron chi connectivity index (χ3n) is 3.43. The first-order valence-electron chi connectivity index (χ1n) is 7.40. The quantitative estimate of drug-likeness (QED) is 0.498. The van der Waals surface area contributed by atoms with Crippen LogP contribution in [0.2, 0.25) is 0 Å². The van der Waals surface area contributed by atoms with E-state index in [1.165, 1.54) is 6.07 Å². The van der Waals surface area contributed by atoms with Crippen molar-refractivity contribution in [3.8, 4) is 5.75 Å². The van der Waals surface area contributed by atoms with E-state index in [-0.39, 0.29) is 11.9 Å². The number of methoxy groups -OCH3 is 1. The minimum Gasteiger partial charge on any atom is -0.497 e. The molecule has 20 heavy (non-hydrogen) atoms. The standard InChI is InChI=1S/C17H26FNO/c1-4-6-7-8-9-10-17(19-5-2)15-12-11-14(20-3)13-16(15)18/h4,11-13,17,19H,1,5-10H2,2-3H3. The Morgan fingerprint density at radius 2 is 2.15 bits per heavy atom. The Morgan fingerprint density at radius 1 is 1.35 bits per heavy atom. The van der Waals surface area contributed by atoms with Gasteiger partial charge >= 0.3 is 0 Å². The first kappa shape index (κ1) is 16.7. The van der Waals surface area contributed by atoms with Crippen LogP contribution in [0, 0.1) is 5.82 Å². The fourth-order valence-corrected chi connectivity index (χ4v) is 2.35. The highest BCUT2D eigenvalue weighted by Gasteiger charge is 2.15. The van der Waals surface area contributed by atoms with E-state index in [0.717, 1.165) is 44.2 Å². The Balaban J connectivity index is 2.62. The second-order valence-electron chi connectivity index (χ2n) is 4.92. The van der Waals surface area contributed by atoms with E-state index in [2.05, 4.69) is 11.9 Å². The zero-order chi connectivity index (χ0) is 14.8. The molecule has 0 amide bonds. The molecule has 112 valence electrons. The molecule has 0 heterocycles. The first-order valence-corrected chi connectivity index (χ1v) is 7.40. The molecule has 0 aliphatic heterocycles. The second kappa shape index (κ2) is 9.54. The van der Waals surface area contributed by atoms with Crippen molar-refractivity contribution in [2.45, 2.75) is 45.1 Å². The molecule has 0 saturated heterocycles. The van der Waals surface area contributed by atoms with E-state index in [1.54, 1.807) is 7.11 Å². The third-order valence-corrected chi connectivity index (χ3v) is 3.43. The number of nitrogens with one attached hydrogen (secondary N) is 1.